The first-order valence-electron chi connectivity index (χ1n) is 6.50. The summed E-state index contributed by atoms with van der Waals surface area (Å²) in [5.41, 5.74) is 4.93. The van der Waals surface area contributed by atoms with Gasteiger partial charge in [-0.3, -0.25) is 10.5 Å². The van der Waals surface area contributed by atoms with Gasteiger partial charge in [0.1, 0.15) is 11.6 Å². The van der Waals surface area contributed by atoms with Gasteiger partial charge in [0.05, 0.1) is 11.6 Å². The first kappa shape index (κ1) is 12.0. The fraction of sp³-hybridized carbons (Fsp3) is 0.154. The molecule has 8 heteroatoms. The van der Waals surface area contributed by atoms with Crippen LogP contribution in [0.2, 0.25) is 0 Å². The van der Waals surface area contributed by atoms with Crippen molar-refractivity contribution in [2.75, 3.05) is 16.9 Å². The van der Waals surface area contributed by atoms with E-state index in [0.717, 1.165) is 29.6 Å². The number of aromatic nitrogens is 4. The SMILES string of the molecule is NNc1nc(N2CCc3ccc(F)cc32)c2cn[nH]c2n1. The summed E-state index contributed by atoms with van der Waals surface area (Å²) in [6.07, 6.45) is 2.49. The van der Waals surface area contributed by atoms with Crippen LogP contribution in [0.1, 0.15) is 5.56 Å². The minimum absolute atomic E-state index is 0.268. The number of nitrogens with zero attached hydrogens (tertiary/aromatic N) is 4. The molecule has 1 aliphatic heterocycles. The van der Waals surface area contributed by atoms with E-state index in [1.54, 1.807) is 12.3 Å². The Morgan fingerprint density at radius 2 is 2.24 bits per heavy atom. The van der Waals surface area contributed by atoms with Crippen molar-refractivity contribution in [1.82, 2.24) is 20.2 Å². The van der Waals surface area contributed by atoms with Crippen molar-refractivity contribution in [2.45, 2.75) is 6.42 Å². The zero-order chi connectivity index (χ0) is 14.4. The fourth-order valence-corrected chi connectivity index (χ4v) is 2.66. The molecule has 1 aromatic carbocycles. The summed E-state index contributed by atoms with van der Waals surface area (Å²) in [4.78, 5) is 10.5. The van der Waals surface area contributed by atoms with E-state index in [-0.39, 0.29) is 11.8 Å². The van der Waals surface area contributed by atoms with Crippen molar-refractivity contribution in [1.29, 1.82) is 0 Å². The van der Waals surface area contributed by atoms with Gasteiger partial charge in [0.25, 0.3) is 0 Å². The highest BCUT2D eigenvalue weighted by Gasteiger charge is 2.25. The van der Waals surface area contributed by atoms with Crippen molar-refractivity contribution in [2.24, 2.45) is 5.84 Å². The molecule has 0 saturated carbocycles. The smallest absolute Gasteiger partial charge is 0.241 e. The monoisotopic (exact) mass is 285 g/mol. The highest BCUT2D eigenvalue weighted by molar-refractivity contribution is 5.91. The summed E-state index contributed by atoms with van der Waals surface area (Å²) in [5.74, 6) is 6.08. The Labute approximate surface area is 119 Å². The number of H-pyrrole nitrogens is 1. The van der Waals surface area contributed by atoms with Crippen LogP contribution in [-0.4, -0.2) is 26.7 Å². The molecule has 3 aromatic rings. The number of rotatable bonds is 2. The van der Waals surface area contributed by atoms with Gasteiger partial charge >= 0.3 is 0 Å². The van der Waals surface area contributed by atoms with Gasteiger partial charge in [0.15, 0.2) is 5.65 Å². The summed E-state index contributed by atoms with van der Waals surface area (Å²) in [7, 11) is 0. The Hall–Kier alpha value is -2.74. The molecular formula is C13H12FN7. The molecule has 0 radical (unpaired) electrons. The summed E-state index contributed by atoms with van der Waals surface area (Å²) < 4.78 is 13.5. The van der Waals surface area contributed by atoms with Crippen molar-refractivity contribution in [3.63, 3.8) is 0 Å². The van der Waals surface area contributed by atoms with E-state index in [2.05, 4.69) is 25.6 Å². The lowest BCUT2D eigenvalue weighted by Crippen LogP contribution is -2.18. The topological polar surface area (TPSA) is 95.7 Å². The number of aromatic amines is 1. The number of anilines is 3. The molecule has 0 aliphatic carbocycles. The Balaban J connectivity index is 1.92. The zero-order valence-corrected chi connectivity index (χ0v) is 11.0. The summed E-state index contributed by atoms with van der Waals surface area (Å²) in [5, 5.41) is 7.55. The van der Waals surface area contributed by atoms with Crippen LogP contribution in [0.5, 0.6) is 0 Å². The maximum Gasteiger partial charge on any atom is 0.241 e. The van der Waals surface area contributed by atoms with E-state index < -0.39 is 0 Å². The molecule has 2 aromatic heterocycles. The predicted molar refractivity (Wildman–Crippen MR) is 76.6 cm³/mol. The predicted octanol–water partition coefficient (Wildman–Crippen LogP) is 1.47. The van der Waals surface area contributed by atoms with Gasteiger partial charge in [-0.15, -0.1) is 0 Å². The summed E-state index contributed by atoms with van der Waals surface area (Å²) in [6, 6.07) is 4.80. The second-order valence-electron chi connectivity index (χ2n) is 4.82. The van der Waals surface area contributed by atoms with E-state index in [9.17, 15) is 4.39 Å². The molecule has 3 heterocycles. The molecule has 21 heavy (non-hydrogen) atoms. The molecule has 4 rings (SSSR count). The average Bonchev–Trinajstić information content (AvgIpc) is 3.11. The van der Waals surface area contributed by atoms with Gasteiger partial charge in [0.2, 0.25) is 5.95 Å². The molecule has 0 saturated heterocycles. The van der Waals surface area contributed by atoms with Crippen LogP contribution >= 0.6 is 0 Å². The molecule has 1 aliphatic rings. The van der Waals surface area contributed by atoms with Gasteiger partial charge in [-0.05, 0) is 24.1 Å². The van der Waals surface area contributed by atoms with Crippen molar-refractivity contribution < 1.29 is 4.39 Å². The third-order valence-electron chi connectivity index (χ3n) is 3.62. The molecule has 0 bridgehead atoms. The van der Waals surface area contributed by atoms with E-state index >= 15 is 0 Å². The van der Waals surface area contributed by atoms with Crippen molar-refractivity contribution in [3.05, 3.63) is 35.8 Å². The Kier molecular flexibility index (Phi) is 2.51. The van der Waals surface area contributed by atoms with Crippen molar-refractivity contribution in [3.8, 4) is 0 Å². The molecule has 4 N–H and O–H groups in total. The first-order chi connectivity index (χ1) is 10.3. The van der Waals surface area contributed by atoms with E-state index in [1.165, 1.54) is 12.1 Å². The Morgan fingerprint density at radius 3 is 3.10 bits per heavy atom. The number of benzene rings is 1. The molecule has 106 valence electrons. The van der Waals surface area contributed by atoms with Gasteiger partial charge in [-0.2, -0.15) is 15.1 Å². The lowest BCUT2D eigenvalue weighted by Gasteiger charge is -2.19. The lowest BCUT2D eigenvalue weighted by molar-refractivity contribution is 0.628. The second-order valence-corrected chi connectivity index (χ2v) is 4.82. The summed E-state index contributed by atoms with van der Waals surface area (Å²) >= 11 is 0. The van der Waals surface area contributed by atoms with E-state index in [1.807, 2.05) is 4.90 Å². The van der Waals surface area contributed by atoms with Crippen LogP contribution in [-0.2, 0) is 6.42 Å². The fourth-order valence-electron chi connectivity index (χ4n) is 2.66. The molecule has 0 atom stereocenters. The number of hydrogen-bond acceptors (Lipinski definition) is 6. The normalized spacial score (nSPS) is 13.7. The molecular weight excluding hydrogens is 273 g/mol. The number of nitrogens with two attached hydrogens (primary N) is 1. The number of hydrogen-bond donors (Lipinski definition) is 3. The largest absolute Gasteiger partial charge is 0.325 e. The van der Waals surface area contributed by atoms with Crippen LogP contribution in [0.4, 0.5) is 21.8 Å². The highest BCUT2D eigenvalue weighted by Crippen LogP contribution is 2.37. The number of hydrazine groups is 1. The zero-order valence-electron chi connectivity index (χ0n) is 11.0. The minimum atomic E-state index is -0.268. The third kappa shape index (κ3) is 1.80. The minimum Gasteiger partial charge on any atom is -0.325 e. The van der Waals surface area contributed by atoms with Crippen LogP contribution < -0.4 is 16.2 Å². The molecule has 0 fully saturated rings. The van der Waals surface area contributed by atoms with Crippen LogP contribution in [0.15, 0.2) is 24.4 Å². The average molecular weight is 285 g/mol. The number of halogens is 1. The van der Waals surface area contributed by atoms with Crippen molar-refractivity contribution >= 4 is 28.5 Å². The van der Waals surface area contributed by atoms with E-state index in [0.29, 0.717) is 11.5 Å². The second kappa shape index (κ2) is 4.38. The van der Waals surface area contributed by atoms with Gasteiger partial charge in [0, 0.05) is 12.2 Å². The standard InChI is InChI=1S/C13H12FN7/c14-8-2-1-7-3-4-21(10(7)5-8)12-9-6-16-20-11(9)17-13(18-12)19-15/h1-2,5-6H,3-4,15H2,(H2,16,17,18,19,20). The first-order valence-corrected chi connectivity index (χ1v) is 6.50. The third-order valence-corrected chi connectivity index (χ3v) is 3.62. The van der Waals surface area contributed by atoms with Gasteiger partial charge in [-0.25, -0.2) is 10.2 Å². The van der Waals surface area contributed by atoms with Crippen LogP contribution in [0, 0.1) is 5.82 Å². The van der Waals surface area contributed by atoms with E-state index in [4.69, 9.17) is 5.84 Å². The van der Waals surface area contributed by atoms with Crippen LogP contribution in [0.25, 0.3) is 11.0 Å². The summed E-state index contributed by atoms with van der Waals surface area (Å²) in [6.45, 7) is 0.722. The van der Waals surface area contributed by atoms with Gasteiger partial charge < -0.3 is 4.90 Å². The maximum absolute atomic E-state index is 13.5. The Morgan fingerprint density at radius 1 is 1.33 bits per heavy atom. The highest BCUT2D eigenvalue weighted by atomic mass is 19.1. The van der Waals surface area contributed by atoms with Gasteiger partial charge in [-0.1, -0.05) is 6.07 Å². The Bertz CT molecular complexity index is 828. The number of nitrogen functional groups attached to an aromatic ring is 1. The maximum atomic E-state index is 13.5. The molecule has 0 spiro atoms. The lowest BCUT2D eigenvalue weighted by atomic mass is 10.2. The molecule has 7 nitrogen and oxygen atoms in total. The van der Waals surface area contributed by atoms with Crippen LogP contribution in [0.3, 0.4) is 0 Å². The quantitative estimate of drug-likeness (QED) is 0.487. The number of fused-ring (bicyclic) bond motifs is 2. The molecule has 0 unspecified atom stereocenters. The number of nitrogens with one attached hydrogen (secondary N) is 2. The molecule has 0 amide bonds.